The molecular weight excluding hydrogens is 543 g/mol. The summed E-state index contributed by atoms with van der Waals surface area (Å²) in [5.41, 5.74) is -1.40. The Hall–Kier alpha value is -3.23. The maximum atomic E-state index is 14.9. The highest BCUT2D eigenvalue weighted by molar-refractivity contribution is 6.76. The third-order valence-electron chi connectivity index (χ3n) is 5.98. The number of nitrogens with zero attached hydrogens (tertiary/aromatic N) is 2. The Morgan fingerprint density at radius 1 is 1.23 bits per heavy atom. The van der Waals surface area contributed by atoms with Crippen molar-refractivity contribution in [1.29, 1.82) is 0 Å². The average molecular weight is 573 g/mol. The van der Waals surface area contributed by atoms with E-state index >= 15 is 0 Å². The van der Waals surface area contributed by atoms with Crippen LogP contribution in [0.4, 0.5) is 32.4 Å². The van der Waals surface area contributed by atoms with Crippen LogP contribution in [-0.2, 0) is 22.4 Å². The molecule has 2 N–H and O–H groups in total. The number of carbonyl (C=O) groups is 1. The molecule has 1 aliphatic rings. The highest BCUT2D eigenvalue weighted by Gasteiger charge is 2.37. The lowest BCUT2D eigenvalue weighted by Gasteiger charge is -2.15. The minimum absolute atomic E-state index is 0.112. The molecule has 2 amide bonds. The van der Waals surface area contributed by atoms with Crippen LogP contribution in [0.25, 0.3) is 11.0 Å². The summed E-state index contributed by atoms with van der Waals surface area (Å²) in [5, 5.41) is 4.48. The van der Waals surface area contributed by atoms with Crippen LogP contribution in [0.3, 0.4) is 0 Å². The molecule has 1 atom stereocenters. The predicted molar refractivity (Wildman–Crippen MR) is 137 cm³/mol. The van der Waals surface area contributed by atoms with Crippen LogP contribution in [0.5, 0.6) is 11.5 Å². The normalized spacial score (nSPS) is 16.1. The number of benzene rings is 1. The van der Waals surface area contributed by atoms with Crippen molar-refractivity contribution in [2.24, 2.45) is 0 Å². The highest BCUT2D eigenvalue weighted by atomic mass is 28.3. The Kier molecular flexibility index (Phi) is 8.47. The molecular formula is C25H29F5N4O4Si. The molecule has 0 saturated carbocycles. The number of amides is 2. The third-order valence-corrected chi connectivity index (χ3v) is 7.69. The van der Waals surface area contributed by atoms with Crippen LogP contribution in [0, 0.1) is 11.6 Å². The Morgan fingerprint density at radius 2 is 1.95 bits per heavy atom. The van der Waals surface area contributed by atoms with E-state index in [0.29, 0.717) is 26.2 Å². The van der Waals surface area contributed by atoms with E-state index in [1.54, 1.807) is 0 Å². The molecule has 0 radical (unpaired) electrons. The number of urea groups is 1. The molecule has 0 aliphatic carbocycles. The Morgan fingerprint density at radius 3 is 2.56 bits per heavy atom. The van der Waals surface area contributed by atoms with Crippen molar-refractivity contribution < 1.29 is 41.0 Å². The zero-order chi connectivity index (χ0) is 28.4. The summed E-state index contributed by atoms with van der Waals surface area (Å²) in [7, 11) is -1.41. The number of hydrogen-bond acceptors (Lipinski definition) is 5. The molecule has 1 aromatic carbocycles. The number of carbonyl (C=O) groups excluding carboxylic acids is 1. The van der Waals surface area contributed by atoms with E-state index in [0.717, 1.165) is 30.4 Å². The van der Waals surface area contributed by atoms with E-state index < -0.39 is 54.4 Å². The van der Waals surface area contributed by atoms with Gasteiger partial charge < -0.3 is 29.4 Å². The molecule has 4 rings (SSSR count). The lowest BCUT2D eigenvalue weighted by molar-refractivity contribution is -0.136. The lowest BCUT2D eigenvalue weighted by Crippen LogP contribution is -2.38. The van der Waals surface area contributed by atoms with Gasteiger partial charge in [-0.15, -0.1) is 0 Å². The zero-order valence-electron chi connectivity index (χ0n) is 21.6. The third kappa shape index (κ3) is 7.25. The van der Waals surface area contributed by atoms with E-state index in [9.17, 15) is 26.7 Å². The molecule has 0 unspecified atom stereocenters. The van der Waals surface area contributed by atoms with E-state index in [2.05, 4.69) is 35.3 Å². The SMILES string of the molecule is C[Si](C)(C)CCOCn1cc(C(F)(F)F)c2c(Oc3c(F)cc(NC(=O)N[C@H]4CCOC4)cc3F)ccnc21. The van der Waals surface area contributed by atoms with Crippen molar-refractivity contribution in [2.45, 2.75) is 51.1 Å². The minimum atomic E-state index is -4.80. The fourth-order valence-corrected chi connectivity index (χ4v) is 4.72. The summed E-state index contributed by atoms with van der Waals surface area (Å²) in [5.74, 6) is -3.81. The lowest BCUT2D eigenvalue weighted by atomic mass is 10.2. The number of hydrogen-bond donors (Lipinski definition) is 2. The van der Waals surface area contributed by atoms with Crippen molar-refractivity contribution >= 4 is 30.8 Å². The summed E-state index contributed by atoms with van der Waals surface area (Å²) >= 11 is 0. The van der Waals surface area contributed by atoms with Gasteiger partial charge in [-0.3, -0.25) is 0 Å². The van der Waals surface area contributed by atoms with Crippen LogP contribution in [0.2, 0.25) is 25.7 Å². The minimum Gasteiger partial charge on any atom is -0.450 e. The standard InChI is InChI=1S/C25H29F5N4O4Si/c1-39(2,3)9-8-37-14-34-12-17(25(28,29)30)21-20(4-6-31-23(21)34)38-22-18(26)10-16(11-19(22)27)33-24(35)32-15-5-7-36-13-15/h4,6,10-12,15H,5,7-9,13-14H2,1-3H3,(H2,32,33,35)/t15-/m0/s1. The molecule has 3 aromatic rings. The van der Waals surface area contributed by atoms with Gasteiger partial charge in [0.15, 0.2) is 17.4 Å². The average Bonchev–Trinajstić information content (AvgIpc) is 3.46. The number of pyridine rings is 1. The maximum absolute atomic E-state index is 14.9. The number of anilines is 1. The first-order chi connectivity index (χ1) is 18.3. The second kappa shape index (κ2) is 11.5. The fourth-order valence-electron chi connectivity index (χ4n) is 3.97. The van der Waals surface area contributed by atoms with Crippen LogP contribution >= 0.6 is 0 Å². The number of alkyl halides is 3. The summed E-state index contributed by atoms with van der Waals surface area (Å²) in [6.45, 7) is 7.45. The van der Waals surface area contributed by atoms with E-state index in [1.807, 2.05) is 0 Å². The Balaban J connectivity index is 1.58. The van der Waals surface area contributed by atoms with Gasteiger partial charge >= 0.3 is 12.2 Å². The van der Waals surface area contributed by atoms with E-state index in [1.165, 1.54) is 10.8 Å². The number of nitrogens with one attached hydrogen (secondary N) is 2. The van der Waals surface area contributed by atoms with Crippen molar-refractivity contribution in [3.8, 4) is 11.5 Å². The van der Waals surface area contributed by atoms with Gasteiger partial charge in [-0.1, -0.05) is 19.6 Å². The van der Waals surface area contributed by atoms with Gasteiger partial charge in [-0.2, -0.15) is 13.2 Å². The molecule has 8 nitrogen and oxygen atoms in total. The monoisotopic (exact) mass is 572 g/mol. The smallest absolute Gasteiger partial charge is 0.418 e. The molecule has 2 aromatic heterocycles. The molecule has 0 bridgehead atoms. The first-order valence-electron chi connectivity index (χ1n) is 12.3. The summed E-state index contributed by atoms with van der Waals surface area (Å²) in [6, 6.07) is 2.62. The highest BCUT2D eigenvalue weighted by Crippen LogP contribution is 2.42. The van der Waals surface area contributed by atoms with Crippen molar-refractivity contribution in [2.75, 3.05) is 25.1 Å². The number of aromatic nitrogens is 2. The summed E-state index contributed by atoms with van der Waals surface area (Å²) < 4.78 is 88.9. The van der Waals surface area contributed by atoms with Gasteiger partial charge in [0, 0.05) is 51.5 Å². The maximum Gasteiger partial charge on any atom is 0.418 e. The first-order valence-corrected chi connectivity index (χ1v) is 16.0. The van der Waals surface area contributed by atoms with Crippen LogP contribution < -0.4 is 15.4 Å². The van der Waals surface area contributed by atoms with Crippen LogP contribution in [0.1, 0.15) is 12.0 Å². The first kappa shape index (κ1) is 28.8. The second-order valence-electron chi connectivity index (χ2n) is 10.4. The molecule has 0 spiro atoms. The van der Waals surface area contributed by atoms with E-state index in [-0.39, 0.29) is 24.1 Å². The van der Waals surface area contributed by atoms with Gasteiger partial charge in [0.2, 0.25) is 0 Å². The Labute approximate surface area is 222 Å². The summed E-state index contributed by atoms with van der Waals surface area (Å²) in [4.78, 5) is 16.2. The number of rotatable bonds is 9. The fraction of sp³-hybridized carbons (Fsp3) is 0.440. The largest absolute Gasteiger partial charge is 0.450 e. The molecule has 39 heavy (non-hydrogen) atoms. The topological polar surface area (TPSA) is 86.6 Å². The van der Waals surface area contributed by atoms with Crippen LogP contribution in [0.15, 0.2) is 30.6 Å². The van der Waals surface area contributed by atoms with Gasteiger partial charge in [-0.25, -0.2) is 18.6 Å². The van der Waals surface area contributed by atoms with Gasteiger partial charge in [-0.05, 0) is 18.5 Å². The zero-order valence-corrected chi connectivity index (χ0v) is 22.6. The van der Waals surface area contributed by atoms with Gasteiger partial charge in [0.25, 0.3) is 0 Å². The van der Waals surface area contributed by atoms with Crippen LogP contribution in [-0.4, -0.2) is 49.5 Å². The van der Waals surface area contributed by atoms with Crippen molar-refractivity contribution in [3.05, 3.63) is 47.8 Å². The number of halogens is 5. The number of ether oxygens (including phenoxy) is 3. The van der Waals surface area contributed by atoms with Gasteiger partial charge in [0.05, 0.1) is 23.6 Å². The van der Waals surface area contributed by atoms with E-state index in [4.69, 9.17) is 14.2 Å². The molecule has 1 saturated heterocycles. The van der Waals surface area contributed by atoms with Gasteiger partial charge in [0.1, 0.15) is 18.1 Å². The van der Waals surface area contributed by atoms with Crippen molar-refractivity contribution in [1.82, 2.24) is 14.9 Å². The predicted octanol–water partition coefficient (Wildman–Crippen LogP) is 6.35. The molecule has 14 heteroatoms. The number of fused-ring (bicyclic) bond motifs is 1. The summed E-state index contributed by atoms with van der Waals surface area (Å²) in [6.07, 6.45) is -2.17. The quantitative estimate of drug-likeness (QED) is 0.177. The molecule has 1 aliphatic heterocycles. The molecule has 1 fully saturated rings. The molecule has 212 valence electrons. The second-order valence-corrected chi connectivity index (χ2v) is 16.0. The molecule has 3 heterocycles. The van der Waals surface area contributed by atoms with Crippen molar-refractivity contribution in [3.63, 3.8) is 0 Å². The Bertz CT molecular complexity index is 1310.